The highest BCUT2D eigenvalue weighted by Gasteiger charge is 2.27. The molecule has 0 radical (unpaired) electrons. The Kier molecular flexibility index (Phi) is 5.68. The van der Waals surface area contributed by atoms with Crippen LogP contribution in [0.1, 0.15) is 58.8 Å². The lowest BCUT2D eigenvalue weighted by atomic mass is 9.94. The fourth-order valence-corrected chi connectivity index (χ4v) is 2.96. The number of amides is 1. The van der Waals surface area contributed by atoms with Gasteiger partial charge in [0.15, 0.2) is 0 Å². The van der Waals surface area contributed by atoms with Gasteiger partial charge in [-0.2, -0.15) is 0 Å². The molecule has 3 nitrogen and oxygen atoms in total. The molecule has 0 aromatic rings. The van der Waals surface area contributed by atoms with E-state index in [-0.39, 0.29) is 0 Å². The summed E-state index contributed by atoms with van der Waals surface area (Å²) in [7, 11) is 0. The normalized spacial score (nSPS) is 23.9. The van der Waals surface area contributed by atoms with Gasteiger partial charge in [0.25, 0.3) is 0 Å². The predicted molar refractivity (Wildman–Crippen MR) is 79.0 cm³/mol. The van der Waals surface area contributed by atoms with E-state index < -0.39 is 0 Å². The molecule has 1 N–H and O–H groups in total. The minimum Gasteiger partial charge on any atom is -0.339 e. The lowest BCUT2D eigenvalue weighted by molar-refractivity contribution is -0.134. The molecule has 0 aromatic carbocycles. The van der Waals surface area contributed by atoms with Gasteiger partial charge in [-0.1, -0.05) is 13.8 Å². The van der Waals surface area contributed by atoms with Gasteiger partial charge in [0.05, 0.1) is 6.54 Å². The summed E-state index contributed by atoms with van der Waals surface area (Å²) in [5.74, 6) is 1.92. The first-order valence-corrected chi connectivity index (χ1v) is 8.17. The molecule has 1 saturated heterocycles. The van der Waals surface area contributed by atoms with E-state index in [4.69, 9.17) is 0 Å². The average Bonchev–Trinajstić information content (AvgIpc) is 3.20. The second-order valence-corrected chi connectivity index (χ2v) is 6.78. The third-order valence-corrected chi connectivity index (χ3v) is 4.43. The summed E-state index contributed by atoms with van der Waals surface area (Å²) in [6, 6.07) is 0.506. The number of nitrogens with one attached hydrogen (secondary N) is 1. The van der Waals surface area contributed by atoms with Crippen molar-refractivity contribution in [1.82, 2.24) is 10.2 Å². The Hall–Kier alpha value is -0.570. The summed E-state index contributed by atoms with van der Waals surface area (Å²) < 4.78 is 0. The Bertz CT molecular complexity index is 286. The molecule has 3 heteroatoms. The second kappa shape index (κ2) is 7.28. The third kappa shape index (κ3) is 5.13. The molecule has 0 aromatic heterocycles. The molecule has 1 amide bonds. The van der Waals surface area contributed by atoms with Gasteiger partial charge in [-0.3, -0.25) is 4.79 Å². The standard InChI is InChI=1S/C16H30N2O/c1-13(2)6-9-15-5-3-4-10-18(15)16(19)12-17-11-14-7-8-14/h13-15,17H,3-12H2,1-2H3. The molecule has 1 aliphatic heterocycles. The van der Waals surface area contributed by atoms with Crippen LogP contribution in [0.3, 0.4) is 0 Å². The number of hydrogen-bond donors (Lipinski definition) is 1. The maximum absolute atomic E-state index is 12.3. The summed E-state index contributed by atoms with van der Waals surface area (Å²) in [6.07, 6.45) is 8.81. The molecule has 2 fully saturated rings. The van der Waals surface area contributed by atoms with Crippen molar-refractivity contribution >= 4 is 5.91 Å². The number of carbonyl (C=O) groups excluding carboxylic acids is 1. The molecule has 0 spiro atoms. The fourth-order valence-electron chi connectivity index (χ4n) is 2.96. The molecule has 1 aliphatic carbocycles. The Morgan fingerprint density at radius 1 is 1.26 bits per heavy atom. The average molecular weight is 266 g/mol. The zero-order valence-corrected chi connectivity index (χ0v) is 12.7. The van der Waals surface area contributed by atoms with E-state index in [0.717, 1.165) is 24.9 Å². The number of hydrogen-bond acceptors (Lipinski definition) is 2. The lowest BCUT2D eigenvalue weighted by Crippen LogP contribution is -2.47. The van der Waals surface area contributed by atoms with Crippen LogP contribution in [0, 0.1) is 11.8 Å². The van der Waals surface area contributed by atoms with E-state index in [1.807, 2.05) is 0 Å². The SMILES string of the molecule is CC(C)CCC1CCCCN1C(=O)CNCC1CC1. The van der Waals surface area contributed by atoms with Crippen LogP contribution in [-0.2, 0) is 4.79 Å². The molecule has 110 valence electrons. The maximum Gasteiger partial charge on any atom is 0.236 e. The minimum atomic E-state index is 0.328. The largest absolute Gasteiger partial charge is 0.339 e. The topological polar surface area (TPSA) is 32.3 Å². The van der Waals surface area contributed by atoms with Gasteiger partial charge in [-0.25, -0.2) is 0 Å². The molecule has 2 rings (SSSR count). The van der Waals surface area contributed by atoms with Gasteiger partial charge < -0.3 is 10.2 Å². The summed E-state index contributed by atoms with van der Waals surface area (Å²) >= 11 is 0. The van der Waals surface area contributed by atoms with Crippen molar-refractivity contribution in [3.05, 3.63) is 0 Å². The molecule has 1 atom stereocenters. The number of carbonyl (C=O) groups is 1. The molecule has 19 heavy (non-hydrogen) atoms. The lowest BCUT2D eigenvalue weighted by Gasteiger charge is -2.36. The Balaban J connectivity index is 1.74. The van der Waals surface area contributed by atoms with Gasteiger partial charge >= 0.3 is 0 Å². The van der Waals surface area contributed by atoms with Crippen molar-refractivity contribution < 1.29 is 4.79 Å². The van der Waals surface area contributed by atoms with Crippen LogP contribution in [0.4, 0.5) is 0 Å². The van der Waals surface area contributed by atoms with Crippen LogP contribution >= 0.6 is 0 Å². The van der Waals surface area contributed by atoms with Crippen LogP contribution in [0.5, 0.6) is 0 Å². The zero-order chi connectivity index (χ0) is 13.7. The first-order chi connectivity index (χ1) is 9.16. The monoisotopic (exact) mass is 266 g/mol. The Morgan fingerprint density at radius 2 is 2.05 bits per heavy atom. The van der Waals surface area contributed by atoms with E-state index in [1.54, 1.807) is 0 Å². The van der Waals surface area contributed by atoms with Gasteiger partial charge in [0.1, 0.15) is 0 Å². The van der Waals surface area contributed by atoms with Crippen molar-refractivity contribution in [3.8, 4) is 0 Å². The smallest absolute Gasteiger partial charge is 0.236 e. The Morgan fingerprint density at radius 3 is 2.74 bits per heavy atom. The fraction of sp³-hybridized carbons (Fsp3) is 0.938. The molecule has 1 heterocycles. The summed E-state index contributed by atoms with van der Waals surface area (Å²) in [5, 5.41) is 3.34. The van der Waals surface area contributed by atoms with E-state index in [9.17, 15) is 4.79 Å². The van der Waals surface area contributed by atoms with Gasteiger partial charge in [-0.05, 0) is 63.3 Å². The molecular weight excluding hydrogens is 236 g/mol. The maximum atomic E-state index is 12.3. The number of likely N-dealkylation sites (tertiary alicyclic amines) is 1. The van der Waals surface area contributed by atoms with Gasteiger partial charge in [-0.15, -0.1) is 0 Å². The minimum absolute atomic E-state index is 0.328. The second-order valence-electron chi connectivity index (χ2n) is 6.78. The highest BCUT2D eigenvalue weighted by Crippen LogP contribution is 2.27. The molecule has 0 bridgehead atoms. The molecule has 1 saturated carbocycles. The van der Waals surface area contributed by atoms with Gasteiger partial charge in [0.2, 0.25) is 5.91 Å². The van der Waals surface area contributed by atoms with Crippen LogP contribution in [0.25, 0.3) is 0 Å². The predicted octanol–water partition coefficient (Wildman–Crippen LogP) is 2.80. The highest BCUT2D eigenvalue weighted by atomic mass is 16.2. The van der Waals surface area contributed by atoms with Crippen LogP contribution < -0.4 is 5.32 Å². The summed E-state index contributed by atoms with van der Waals surface area (Å²) in [4.78, 5) is 14.5. The van der Waals surface area contributed by atoms with E-state index in [0.29, 0.717) is 18.5 Å². The quantitative estimate of drug-likeness (QED) is 0.768. The van der Waals surface area contributed by atoms with Gasteiger partial charge in [0, 0.05) is 12.6 Å². The first kappa shape index (κ1) is 14.8. The van der Waals surface area contributed by atoms with Crippen molar-refractivity contribution in [1.29, 1.82) is 0 Å². The van der Waals surface area contributed by atoms with Crippen molar-refractivity contribution in [3.63, 3.8) is 0 Å². The van der Waals surface area contributed by atoms with E-state index in [2.05, 4.69) is 24.1 Å². The third-order valence-electron chi connectivity index (χ3n) is 4.43. The number of piperidine rings is 1. The summed E-state index contributed by atoms with van der Waals surface area (Å²) in [6.45, 7) is 7.11. The molecule has 2 aliphatic rings. The Labute approximate surface area is 118 Å². The summed E-state index contributed by atoms with van der Waals surface area (Å²) in [5.41, 5.74) is 0. The highest BCUT2D eigenvalue weighted by molar-refractivity contribution is 5.78. The zero-order valence-electron chi connectivity index (χ0n) is 12.7. The van der Waals surface area contributed by atoms with Crippen molar-refractivity contribution in [2.45, 2.75) is 64.8 Å². The van der Waals surface area contributed by atoms with Crippen molar-refractivity contribution in [2.24, 2.45) is 11.8 Å². The van der Waals surface area contributed by atoms with Crippen LogP contribution in [0.15, 0.2) is 0 Å². The number of rotatable bonds is 7. The van der Waals surface area contributed by atoms with Crippen LogP contribution in [0.2, 0.25) is 0 Å². The number of nitrogens with zero attached hydrogens (tertiary/aromatic N) is 1. The van der Waals surface area contributed by atoms with E-state index >= 15 is 0 Å². The first-order valence-electron chi connectivity index (χ1n) is 8.17. The van der Waals surface area contributed by atoms with Crippen molar-refractivity contribution in [2.75, 3.05) is 19.6 Å². The van der Waals surface area contributed by atoms with Crippen LogP contribution in [-0.4, -0.2) is 36.5 Å². The molecular formula is C16H30N2O. The molecule has 1 unspecified atom stereocenters. The van der Waals surface area contributed by atoms with E-state index in [1.165, 1.54) is 44.9 Å².